The van der Waals surface area contributed by atoms with E-state index < -0.39 is 0 Å². The first-order valence-electron chi connectivity index (χ1n) is 6.86. The Balaban J connectivity index is 1.95. The van der Waals surface area contributed by atoms with Crippen molar-refractivity contribution < 1.29 is 9.47 Å². The van der Waals surface area contributed by atoms with Crippen molar-refractivity contribution in [2.45, 2.75) is 32.9 Å². The van der Waals surface area contributed by atoms with Gasteiger partial charge >= 0.3 is 0 Å². The van der Waals surface area contributed by atoms with Crippen LogP contribution in [0.4, 0.5) is 0 Å². The Hall–Kier alpha value is -2.14. The minimum absolute atomic E-state index is 0.0555. The van der Waals surface area contributed by atoms with Crippen molar-refractivity contribution in [1.29, 1.82) is 0 Å². The molecule has 0 saturated heterocycles. The first-order valence-corrected chi connectivity index (χ1v) is 6.86. The third kappa shape index (κ3) is 5.04. The monoisotopic (exact) mass is 287 g/mol. The van der Waals surface area contributed by atoms with Crippen LogP contribution in [0.25, 0.3) is 0 Å². The Morgan fingerprint density at radius 1 is 0.952 bits per heavy atom. The number of hydrogen-bond acceptors (Lipinski definition) is 5. The highest BCUT2D eigenvalue weighted by Gasteiger charge is 2.09. The van der Waals surface area contributed by atoms with Crippen LogP contribution in [0.3, 0.4) is 0 Å². The van der Waals surface area contributed by atoms with Crippen molar-refractivity contribution in [3.05, 3.63) is 42.1 Å². The molecule has 5 heteroatoms. The zero-order valence-corrected chi connectivity index (χ0v) is 12.9. The molecule has 21 heavy (non-hydrogen) atoms. The van der Waals surface area contributed by atoms with Crippen LogP contribution in [-0.4, -0.2) is 22.8 Å². The number of ether oxygens (including phenoxy) is 2. The molecule has 0 aliphatic rings. The lowest BCUT2D eigenvalue weighted by molar-refractivity contribution is 0.410. The van der Waals surface area contributed by atoms with Crippen LogP contribution in [-0.2, 0) is 6.54 Å². The van der Waals surface area contributed by atoms with Gasteiger partial charge in [-0.3, -0.25) is 0 Å². The Kier molecular flexibility index (Phi) is 4.75. The molecule has 2 aromatic rings. The minimum Gasteiger partial charge on any atom is -0.497 e. The molecule has 0 fully saturated rings. The quantitative estimate of drug-likeness (QED) is 0.915. The number of methoxy groups -OCH3 is 1. The van der Waals surface area contributed by atoms with E-state index in [0.29, 0.717) is 18.2 Å². The summed E-state index contributed by atoms with van der Waals surface area (Å²) in [5, 5.41) is 11.6. The zero-order chi connectivity index (χ0) is 15.3. The summed E-state index contributed by atoms with van der Waals surface area (Å²) in [4.78, 5) is 0. The lowest BCUT2D eigenvalue weighted by atomic mass is 10.1. The van der Waals surface area contributed by atoms with Gasteiger partial charge in [-0.2, -0.15) is 5.10 Å². The van der Waals surface area contributed by atoms with Gasteiger partial charge in [0.15, 0.2) is 0 Å². The van der Waals surface area contributed by atoms with Gasteiger partial charge in [0.1, 0.15) is 11.5 Å². The summed E-state index contributed by atoms with van der Waals surface area (Å²) in [7, 11) is 1.63. The van der Waals surface area contributed by atoms with E-state index in [0.717, 1.165) is 11.4 Å². The average Bonchev–Trinajstić information content (AvgIpc) is 2.46. The molecule has 112 valence electrons. The Bertz CT molecular complexity index is 560. The van der Waals surface area contributed by atoms with Crippen molar-refractivity contribution in [2.75, 3.05) is 7.11 Å². The van der Waals surface area contributed by atoms with E-state index in [1.165, 1.54) is 0 Å². The molecule has 0 aliphatic heterocycles. The molecule has 0 radical (unpaired) electrons. The lowest BCUT2D eigenvalue weighted by Gasteiger charge is -2.19. The fourth-order valence-electron chi connectivity index (χ4n) is 1.62. The minimum atomic E-state index is 0.0555. The van der Waals surface area contributed by atoms with E-state index in [1.54, 1.807) is 7.11 Å². The highest BCUT2D eigenvalue weighted by atomic mass is 16.5. The van der Waals surface area contributed by atoms with Crippen molar-refractivity contribution in [3.63, 3.8) is 0 Å². The zero-order valence-electron chi connectivity index (χ0n) is 12.9. The van der Waals surface area contributed by atoms with Gasteiger partial charge in [-0.15, -0.1) is 5.10 Å². The first kappa shape index (κ1) is 15.3. The molecule has 0 aliphatic carbocycles. The third-order valence-electron chi connectivity index (χ3n) is 2.78. The summed E-state index contributed by atoms with van der Waals surface area (Å²) in [6, 6.07) is 11.1. The van der Waals surface area contributed by atoms with Gasteiger partial charge in [0.25, 0.3) is 0 Å². The number of nitrogens with one attached hydrogen (secondary N) is 1. The molecular formula is C16H21N3O2. The van der Waals surface area contributed by atoms with Gasteiger partial charge in [-0.1, -0.05) is 0 Å². The van der Waals surface area contributed by atoms with Crippen molar-refractivity contribution in [3.8, 4) is 17.4 Å². The van der Waals surface area contributed by atoms with Crippen LogP contribution in [0.2, 0.25) is 0 Å². The van der Waals surface area contributed by atoms with Gasteiger partial charge in [-0.25, -0.2) is 0 Å². The van der Waals surface area contributed by atoms with Gasteiger partial charge in [0.05, 0.1) is 12.8 Å². The molecule has 0 atom stereocenters. The topological polar surface area (TPSA) is 56.3 Å². The summed E-state index contributed by atoms with van der Waals surface area (Å²) in [5.74, 6) is 1.96. The van der Waals surface area contributed by atoms with Gasteiger partial charge in [0.2, 0.25) is 5.88 Å². The highest BCUT2D eigenvalue weighted by molar-refractivity contribution is 5.33. The van der Waals surface area contributed by atoms with E-state index in [2.05, 4.69) is 36.3 Å². The Morgan fingerprint density at radius 2 is 1.62 bits per heavy atom. The average molecular weight is 287 g/mol. The second kappa shape index (κ2) is 6.54. The van der Waals surface area contributed by atoms with Crippen LogP contribution in [0.5, 0.6) is 17.4 Å². The number of benzene rings is 1. The van der Waals surface area contributed by atoms with Crippen LogP contribution in [0.15, 0.2) is 36.4 Å². The first-order chi connectivity index (χ1) is 9.96. The van der Waals surface area contributed by atoms with Gasteiger partial charge < -0.3 is 14.8 Å². The van der Waals surface area contributed by atoms with Crippen LogP contribution >= 0.6 is 0 Å². The van der Waals surface area contributed by atoms with E-state index in [-0.39, 0.29) is 5.54 Å². The SMILES string of the molecule is COc1ccc(Oc2ccc(CNC(C)(C)C)nn2)cc1. The van der Waals surface area contributed by atoms with E-state index in [9.17, 15) is 0 Å². The standard InChI is InChI=1S/C16H21N3O2/c1-16(2,3)17-11-12-5-10-15(19-18-12)21-14-8-6-13(20-4)7-9-14/h5-10,17H,11H2,1-4H3. The fraction of sp³-hybridized carbons (Fsp3) is 0.375. The molecule has 0 saturated carbocycles. The molecule has 2 rings (SSSR count). The number of nitrogens with zero attached hydrogens (tertiary/aromatic N) is 2. The van der Waals surface area contributed by atoms with Gasteiger partial charge in [-0.05, 0) is 51.1 Å². The maximum Gasteiger partial charge on any atom is 0.238 e. The summed E-state index contributed by atoms with van der Waals surface area (Å²) >= 11 is 0. The lowest BCUT2D eigenvalue weighted by Crippen LogP contribution is -2.35. The molecule has 0 amide bonds. The normalized spacial score (nSPS) is 11.2. The summed E-state index contributed by atoms with van der Waals surface area (Å²) in [5.41, 5.74) is 0.937. The molecule has 1 N–H and O–H groups in total. The Morgan fingerprint density at radius 3 is 2.14 bits per heavy atom. The molecule has 0 bridgehead atoms. The van der Waals surface area contributed by atoms with Crippen molar-refractivity contribution in [1.82, 2.24) is 15.5 Å². The molecule has 1 aromatic carbocycles. The maximum absolute atomic E-state index is 5.63. The van der Waals surface area contributed by atoms with E-state index in [4.69, 9.17) is 9.47 Å². The molecular weight excluding hydrogens is 266 g/mol. The number of rotatable bonds is 5. The van der Waals surface area contributed by atoms with Crippen LogP contribution in [0, 0.1) is 0 Å². The molecule has 1 aromatic heterocycles. The molecule has 5 nitrogen and oxygen atoms in total. The predicted molar refractivity (Wildman–Crippen MR) is 81.7 cm³/mol. The second-order valence-electron chi connectivity index (χ2n) is 5.74. The van der Waals surface area contributed by atoms with E-state index >= 15 is 0 Å². The number of hydrogen-bond donors (Lipinski definition) is 1. The van der Waals surface area contributed by atoms with E-state index in [1.807, 2.05) is 36.4 Å². The van der Waals surface area contributed by atoms with Crippen LogP contribution in [0.1, 0.15) is 26.5 Å². The Labute approximate surface area is 125 Å². The third-order valence-corrected chi connectivity index (χ3v) is 2.78. The largest absolute Gasteiger partial charge is 0.497 e. The summed E-state index contributed by atoms with van der Waals surface area (Å²) in [6.45, 7) is 7.02. The summed E-state index contributed by atoms with van der Waals surface area (Å²) < 4.78 is 10.7. The maximum atomic E-state index is 5.63. The van der Waals surface area contributed by atoms with Crippen LogP contribution < -0.4 is 14.8 Å². The fourth-order valence-corrected chi connectivity index (χ4v) is 1.62. The van der Waals surface area contributed by atoms with Crippen molar-refractivity contribution in [2.24, 2.45) is 0 Å². The molecule has 0 spiro atoms. The molecule has 0 unspecified atom stereocenters. The smallest absolute Gasteiger partial charge is 0.238 e. The molecule has 1 heterocycles. The predicted octanol–water partition coefficient (Wildman–Crippen LogP) is 3.17. The summed E-state index contributed by atoms with van der Waals surface area (Å²) in [6.07, 6.45) is 0. The number of aromatic nitrogens is 2. The highest BCUT2D eigenvalue weighted by Crippen LogP contribution is 2.21. The van der Waals surface area contributed by atoms with Gasteiger partial charge in [0, 0.05) is 18.2 Å². The second-order valence-corrected chi connectivity index (χ2v) is 5.74. The van der Waals surface area contributed by atoms with Crippen molar-refractivity contribution >= 4 is 0 Å².